The minimum Gasteiger partial charge on any atom is -0.255 e. The third kappa shape index (κ3) is 3.34. The van der Waals surface area contributed by atoms with Crippen molar-refractivity contribution in [1.29, 1.82) is 0 Å². The molecule has 4 nitrogen and oxygen atoms in total. The minimum atomic E-state index is -3.62. The van der Waals surface area contributed by atoms with E-state index in [0.717, 1.165) is 10.6 Å². The fraction of sp³-hybridized carbons (Fsp3) is 0. The quantitative estimate of drug-likeness (QED) is 0.704. The first-order valence-electron chi connectivity index (χ1n) is 5.82. The molecule has 0 amide bonds. The van der Waals surface area contributed by atoms with Crippen molar-refractivity contribution in [2.24, 2.45) is 0 Å². The van der Waals surface area contributed by atoms with Crippen molar-refractivity contribution < 1.29 is 8.42 Å². The maximum Gasteiger partial charge on any atom is 0.263 e. The number of thiazole rings is 1. The van der Waals surface area contributed by atoms with Crippen LogP contribution < -0.4 is 4.72 Å². The van der Waals surface area contributed by atoms with Crippen LogP contribution >= 0.6 is 38.6 Å². The fourth-order valence-corrected chi connectivity index (χ4v) is 4.99. The van der Waals surface area contributed by atoms with Crippen LogP contribution in [0.4, 0.5) is 5.13 Å². The molecule has 0 radical (unpaired) electrons. The third-order valence-corrected chi connectivity index (χ3v) is 6.22. The number of rotatable bonds is 4. The number of nitrogens with zero attached hydrogens (tertiary/aromatic N) is 1. The molecule has 0 fully saturated rings. The van der Waals surface area contributed by atoms with Crippen molar-refractivity contribution in [3.63, 3.8) is 0 Å². The number of sulfonamides is 1. The van der Waals surface area contributed by atoms with E-state index in [1.807, 2.05) is 22.9 Å². The number of halogens is 1. The van der Waals surface area contributed by atoms with Crippen molar-refractivity contribution in [2.75, 3.05) is 4.72 Å². The Morgan fingerprint density at radius 2 is 2.00 bits per heavy atom. The summed E-state index contributed by atoms with van der Waals surface area (Å²) in [4.78, 5) is 5.52. The zero-order valence-corrected chi connectivity index (χ0v) is 14.5. The van der Waals surface area contributed by atoms with Crippen LogP contribution in [0.3, 0.4) is 0 Å². The largest absolute Gasteiger partial charge is 0.263 e. The lowest BCUT2D eigenvalue weighted by molar-refractivity contribution is 0.601. The average molecular weight is 401 g/mol. The van der Waals surface area contributed by atoms with Crippen LogP contribution in [0, 0.1) is 0 Å². The van der Waals surface area contributed by atoms with Crippen LogP contribution in [0.1, 0.15) is 0 Å². The highest BCUT2D eigenvalue weighted by Gasteiger charge is 2.16. The molecule has 0 spiro atoms. The van der Waals surface area contributed by atoms with Crippen LogP contribution in [0.25, 0.3) is 10.6 Å². The molecule has 0 aliphatic rings. The Kier molecular flexibility index (Phi) is 4.12. The smallest absolute Gasteiger partial charge is 0.255 e. The predicted molar refractivity (Wildman–Crippen MR) is 90.4 cm³/mol. The van der Waals surface area contributed by atoms with Gasteiger partial charge in [0.25, 0.3) is 10.0 Å². The summed E-state index contributed by atoms with van der Waals surface area (Å²) < 4.78 is 27.8. The van der Waals surface area contributed by atoms with Gasteiger partial charge in [0.1, 0.15) is 0 Å². The van der Waals surface area contributed by atoms with Gasteiger partial charge in [0, 0.05) is 9.85 Å². The SMILES string of the molecule is O=S(=O)(Nc1nc(-c2cccs2)cs1)c1cccc(Br)c1. The normalized spacial score (nSPS) is 11.5. The van der Waals surface area contributed by atoms with E-state index in [4.69, 9.17) is 0 Å². The molecule has 3 aromatic rings. The summed E-state index contributed by atoms with van der Waals surface area (Å²) in [5.74, 6) is 0. The summed E-state index contributed by atoms with van der Waals surface area (Å²) in [5.41, 5.74) is 0.780. The number of aromatic nitrogens is 1. The summed E-state index contributed by atoms with van der Waals surface area (Å²) in [6.07, 6.45) is 0. The van der Waals surface area contributed by atoms with Crippen LogP contribution in [0.15, 0.2) is 56.5 Å². The maximum atomic E-state index is 12.3. The van der Waals surface area contributed by atoms with Crippen molar-refractivity contribution in [1.82, 2.24) is 4.98 Å². The lowest BCUT2D eigenvalue weighted by Crippen LogP contribution is -2.12. The Morgan fingerprint density at radius 3 is 2.71 bits per heavy atom. The first-order valence-corrected chi connectivity index (χ1v) is 9.86. The zero-order chi connectivity index (χ0) is 14.9. The molecule has 2 aromatic heterocycles. The van der Waals surface area contributed by atoms with Gasteiger partial charge in [-0.2, -0.15) is 0 Å². The average Bonchev–Trinajstić information content (AvgIpc) is 3.08. The molecule has 0 aliphatic heterocycles. The molecule has 2 heterocycles. The molecule has 0 bridgehead atoms. The van der Waals surface area contributed by atoms with E-state index in [9.17, 15) is 8.42 Å². The monoisotopic (exact) mass is 400 g/mol. The van der Waals surface area contributed by atoms with E-state index in [-0.39, 0.29) is 4.90 Å². The van der Waals surface area contributed by atoms with E-state index in [2.05, 4.69) is 25.6 Å². The van der Waals surface area contributed by atoms with Gasteiger partial charge in [-0.25, -0.2) is 13.4 Å². The second kappa shape index (κ2) is 5.88. The van der Waals surface area contributed by atoms with Crippen LogP contribution in [-0.2, 0) is 10.0 Å². The topological polar surface area (TPSA) is 59.1 Å². The molecular weight excluding hydrogens is 392 g/mol. The van der Waals surface area contributed by atoms with E-state index in [0.29, 0.717) is 9.60 Å². The summed E-state index contributed by atoms with van der Waals surface area (Å²) in [6.45, 7) is 0. The van der Waals surface area contributed by atoms with Crippen molar-refractivity contribution in [3.8, 4) is 10.6 Å². The number of hydrogen-bond acceptors (Lipinski definition) is 5. The van der Waals surface area contributed by atoms with Gasteiger partial charge in [-0.1, -0.05) is 28.1 Å². The van der Waals surface area contributed by atoms with Gasteiger partial charge in [0.05, 0.1) is 15.5 Å². The van der Waals surface area contributed by atoms with E-state index in [1.165, 1.54) is 11.3 Å². The van der Waals surface area contributed by atoms with Crippen molar-refractivity contribution in [2.45, 2.75) is 4.90 Å². The Balaban J connectivity index is 1.86. The molecule has 0 saturated heterocycles. The van der Waals surface area contributed by atoms with Crippen molar-refractivity contribution >= 4 is 53.8 Å². The molecule has 8 heteroatoms. The van der Waals surface area contributed by atoms with Gasteiger partial charge in [-0.3, -0.25) is 4.72 Å². The lowest BCUT2D eigenvalue weighted by Gasteiger charge is -2.05. The first-order chi connectivity index (χ1) is 10.0. The number of benzene rings is 1. The Bertz CT molecular complexity index is 857. The molecule has 0 atom stereocenters. The predicted octanol–water partition coefficient (Wildman–Crippen LogP) is 4.43. The first kappa shape index (κ1) is 14.7. The number of hydrogen-bond donors (Lipinski definition) is 1. The minimum absolute atomic E-state index is 0.199. The number of nitrogens with one attached hydrogen (secondary N) is 1. The third-order valence-electron chi connectivity index (χ3n) is 2.61. The Labute approximate surface area is 138 Å². The van der Waals surface area contributed by atoms with Crippen LogP contribution in [0.5, 0.6) is 0 Å². The molecule has 1 N–H and O–H groups in total. The number of thiophene rings is 1. The molecule has 0 saturated carbocycles. The molecule has 0 unspecified atom stereocenters. The summed E-state index contributed by atoms with van der Waals surface area (Å²) in [7, 11) is -3.62. The maximum absolute atomic E-state index is 12.3. The van der Waals surface area contributed by atoms with Gasteiger partial charge >= 0.3 is 0 Å². The van der Waals surface area contributed by atoms with Gasteiger partial charge in [-0.15, -0.1) is 22.7 Å². The summed E-state index contributed by atoms with van der Waals surface area (Å²) >= 11 is 6.10. The van der Waals surface area contributed by atoms with E-state index in [1.54, 1.807) is 35.6 Å². The fourth-order valence-electron chi connectivity index (χ4n) is 1.67. The zero-order valence-electron chi connectivity index (χ0n) is 10.5. The van der Waals surface area contributed by atoms with Crippen LogP contribution in [0.2, 0.25) is 0 Å². The second-order valence-corrected chi connectivity index (χ2v) is 8.48. The molecule has 0 aliphatic carbocycles. The van der Waals surface area contributed by atoms with Crippen molar-refractivity contribution in [3.05, 3.63) is 51.6 Å². The highest BCUT2D eigenvalue weighted by molar-refractivity contribution is 9.10. The second-order valence-electron chi connectivity index (χ2n) is 4.08. The Morgan fingerprint density at radius 1 is 1.14 bits per heavy atom. The molecule has 21 heavy (non-hydrogen) atoms. The standard InChI is InChI=1S/C13H9BrN2O2S3/c14-9-3-1-4-10(7-9)21(17,18)16-13-15-11(8-20-13)12-5-2-6-19-12/h1-8H,(H,15,16). The Hall–Kier alpha value is -1.22. The van der Waals surface area contributed by atoms with Crippen LogP contribution in [-0.4, -0.2) is 13.4 Å². The van der Waals surface area contributed by atoms with Gasteiger partial charge in [0.2, 0.25) is 0 Å². The molecule has 3 rings (SSSR count). The molecule has 108 valence electrons. The highest BCUT2D eigenvalue weighted by atomic mass is 79.9. The summed E-state index contributed by atoms with van der Waals surface area (Å²) in [5, 5.41) is 4.16. The number of anilines is 1. The highest BCUT2D eigenvalue weighted by Crippen LogP contribution is 2.29. The molecule has 1 aromatic carbocycles. The molecular formula is C13H9BrN2O2S3. The van der Waals surface area contributed by atoms with E-state index >= 15 is 0 Å². The van der Waals surface area contributed by atoms with Gasteiger partial charge < -0.3 is 0 Å². The lowest BCUT2D eigenvalue weighted by atomic mass is 10.4. The van der Waals surface area contributed by atoms with Gasteiger partial charge in [-0.05, 0) is 29.6 Å². The summed E-state index contributed by atoms with van der Waals surface area (Å²) in [6, 6.07) is 10.4. The van der Waals surface area contributed by atoms with Gasteiger partial charge in [0.15, 0.2) is 5.13 Å². The van der Waals surface area contributed by atoms with E-state index < -0.39 is 10.0 Å².